The molecule has 0 spiro atoms. The molecular formula is C19H29N3O2. The number of nitrogens with one attached hydrogen (secondary N) is 1. The summed E-state index contributed by atoms with van der Waals surface area (Å²) in [4.78, 5) is 17.1. The van der Waals surface area contributed by atoms with Crippen LogP contribution in [0.1, 0.15) is 44.2 Å². The highest BCUT2D eigenvalue weighted by atomic mass is 16.5. The maximum Gasteiger partial charge on any atom is 0.317 e. The SMILES string of the molecule is CCN(CCCN1CCCC1)C(=O)N[C@@H]1CCOc2ccccc21. The Kier molecular flexibility index (Phi) is 5.96. The molecule has 1 aromatic rings. The second kappa shape index (κ2) is 8.38. The number of para-hydroxylation sites is 1. The number of fused-ring (bicyclic) bond motifs is 1. The first-order chi connectivity index (χ1) is 11.8. The van der Waals surface area contributed by atoms with Crippen molar-refractivity contribution >= 4 is 6.03 Å². The molecule has 0 aliphatic carbocycles. The lowest BCUT2D eigenvalue weighted by atomic mass is 10.0. The van der Waals surface area contributed by atoms with Gasteiger partial charge in [-0.25, -0.2) is 4.79 Å². The number of hydrogen-bond donors (Lipinski definition) is 1. The summed E-state index contributed by atoms with van der Waals surface area (Å²) < 4.78 is 5.67. The smallest absolute Gasteiger partial charge is 0.317 e. The number of rotatable bonds is 6. The second-order valence-corrected chi connectivity index (χ2v) is 6.66. The molecule has 2 aliphatic heterocycles. The van der Waals surface area contributed by atoms with E-state index in [0.717, 1.165) is 43.8 Å². The van der Waals surface area contributed by atoms with E-state index >= 15 is 0 Å². The molecule has 1 N–H and O–H groups in total. The number of ether oxygens (including phenoxy) is 1. The van der Waals surface area contributed by atoms with Crippen LogP contribution in [0.4, 0.5) is 4.79 Å². The Balaban J connectivity index is 1.51. The summed E-state index contributed by atoms with van der Waals surface area (Å²) in [5.41, 5.74) is 1.09. The Morgan fingerprint density at radius 3 is 2.92 bits per heavy atom. The van der Waals surface area contributed by atoms with E-state index in [0.29, 0.717) is 6.61 Å². The standard InChI is InChI=1S/C19H29N3O2/c1-2-22(14-7-13-21-11-5-6-12-21)19(23)20-17-10-15-24-18-9-4-3-8-16(17)18/h3-4,8-9,17H,2,5-7,10-15H2,1H3,(H,20,23)/t17-/m1/s1. The van der Waals surface area contributed by atoms with Crippen LogP contribution in [0.15, 0.2) is 24.3 Å². The summed E-state index contributed by atoms with van der Waals surface area (Å²) >= 11 is 0. The van der Waals surface area contributed by atoms with Gasteiger partial charge in [0.1, 0.15) is 5.75 Å². The third kappa shape index (κ3) is 4.20. The molecule has 132 valence electrons. The Hall–Kier alpha value is -1.75. The molecule has 5 nitrogen and oxygen atoms in total. The number of hydrogen-bond acceptors (Lipinski definition) is 3. The lowest BCUT2D eigenvalue weighted by molar-refractivity contribution is 0.185. The molecule has 0 aromatic heterocycles. The number of carbonyl (C=O) groups is 1. The minimum Gasteiger partial charge on any atom is -0.493 e. The number of urea groups is 1. The molecule has 3 rings (SSSR count). The van der Waals surface area contributed by atoms with Crippen molar-refractivity contribution in [3.8, 4) is 5.75 Å². The van der Waals surface area contributed by atoms with Gasteiger partial charge < -0.3 is 19.9 Å². The molecule has 1 saturated heterocycles. The van der Waals surface area contributed by atoms with Crippen LogP contribution in [0.25, 0.3) is 0 Å². The van der Waals surface area contributed by atoms with Gasteiger partial charge in [0.05, 0.1) is 12.6 Å². The average molecular weight is 331 g/mol. The van der Waals surface area contributed by atoms with Gasteiger partial charge in [-0.15, -0.1) is 0 Å². The zero-order valence-corrected chi connectivity index (χ0v) is 14.7. The van der Waals surface area contributed by atoms with Crippen molar-refractivity contribution in [2.45, 2.75) is 38.6 Å². The van der Waals surface area contributed by atoms with Crippen molar-refractivity contribution in [1.29, 1.82) is 0 Å². The molecule has 2 amide bonds. The zero-order valence-electron chi connectivity index (χ0n) is 14.7. The van der Waals surface area contributed by atoms with Crippen LogP contribution in [-0.4, -0.2) is 55.2 Å². The van der Waals surface area contributed by atoms with Gasteiger partial charge in [-0.2, -0.15) is 0 Å². The number of carbonyl (C=O) groups excluding carboxylic acids is 1. The summed E-state index contributed by atoms with van der Waals surface area (Å²) in [6.45, 7) is 7.81. The van der Waals surface area contributed by atoms with Gasteiger partial charge >= 0.3 is 6.03 Å². The second-order valence-electron chi connectivity index (χ2n) is 6.66. The van der Waals surface area contributed by atoms with Crippen LogP contribution in [0.5, 0.6) is 5.75 Å². The van der Waals surface area contributed by atoms with Gasteiger partial charge in [-0.3, -0.25) is 0 Å². The Morgan fingerprint density at radius 2 is 2.12 bits per heavy atom. The third-order valence-corrected chi connectivity index (χ3v) is 5.03. The fraction of sp³-hybridized carbons (Fsp3) is 0.632. The molecule has 5 heteroatoms. The fourth-order valence-electron chi connectivity index (χ4n) is 3.63. The molecule has 1 aromatic carbocycles. The van der Waals surface area contributed by atoms with Gasteiger partial charge in [-0.05, 0) is 51.9 Å². The van der Waals surface area contributed by atoms with Crippen molar-refractivity contribution in [3.63, 3.8) is 0 Å². The fourth-order valence-corrected chi connectivity index (χ4v) is 3.63. The van der Waals surface area contributed by atoms with Crippen LogP contribution in [0.2, 0.25) is 0 Å². The average Bonchev–Trinajstić information content (AvgIpc) is 3.12. The van der Waals surface area contributed by atoms with Crippen molar-refractivity contribution in [2.24, 2.45) is 0 Å². The number of benzene rings is 1. The highest BCUT2D eigenvalue weighted by molar-refractivity contribution is 5.75. The van der Waals surface area contributed by atoms with Crippen molar-refractivity contribution in [1.82, 2.24) is 15.1 Å². The van der Waals surface area contributed by atoms with E-state index in [9.17, 15) is 4.79 Å². The van der Waals surface area contributed by atoms with Crippen molar-refractivity contribution in [2.75, 3.05) is 39.3 Å². The molecule has 0 unspecified atom stereocenters. The van der Waals surface area contributed by atoms with Gasteiger partial charge in [0, 0.05) is 25.1 Å². The molecule has 2 aliphatic rings. The summed E-state index contributed by atoms with van der Waals surface area (Å²) in [5, 5.41) is 3.20. The minimum absolute atomic E-state index is 0.0422. The van der Waals surface area contributed by atoms with E-state index in [2.05, 4.69) is 10.2 Å². The quantitative estimate of drug-likeness (QED) is 0.871. The predicted molar refractivity (Wildman–Crippen MR) is 95.4 cm³/mol. The lowest BCUT2D eigenvalue weighted by Gasteiger charge is -2.30. The Morgan fingerprint density at radius 1 is 1.33 bits per heavy atom. The van der Waals surface area contributed by atoms with Crippen molar-refractivity contribution < 1.29 is 9.53 Å². The summed E-state index contributed by atoms with van der Waals surface area (Å²) in [6, 6.07) is 8.08. The maximum absolute atomic E-state index is 12.6. The Labute approximate surface area is 145 Å². The molecule has 1 atom stereocenters. The molecule has 0 bridgehead atoms. The Bertz CT molecular complexity index is 543. The predicted octanol–water partition coefficient (Wildman–Crippen LogP) is 3.03. The topological polar surface area (TPSA) is 44.8 Å². The summed E-state index contributed by atoms with van der Waals surface area (Å²) in [5.74, 6) is 0.895. The number of amides is 2. The normalized spacial score (nSPS) is 20.3. The van der Waals surface area contributed by atoms with E-state index in [1.807, 2.05) is 36.1 Å². The van der Waals surface area contributed by atoms with E-state index in [1.54, 1.807) is 0 Å². The van der Waals surface area contributed by atoms with E-state index in [-0.39, 0.29) is 12.1 Å². The molecule has 1 fully saturated rings. The molecule has 24 heavy (non-hydrogen) atoms. The third-order valence-electron chi connectivity index (χ3n) is 5.03. The van der Waals surface area contributed by atoms with E-state index in [1.165, 1.54) is 25.9 Å². The molecule has 0 saturated carbocycles. The monoisotopic (exact) mass is 331 g/mol. The van der Waals surface area contributed by atoms with Crippen LogP contribution < -0.4 is 10.1 Å². The van der Waals surface area contributed by atoms with E-state index in [4.69, 9.17) is 4.74 Å². The van der Waals surface area contributed by atoms with Crippen LogP contribution in [-0.2, 0) is 0 Å². The first kappa shape index (κ1) is 17.1. The van der Waals surface area contributed by atoms with Crippen LogP contribution in [0.3, 0.4) is 0 Å². The van der Waals surface area contributed by atoms with Gasteiger partial charge in [0.15, 0.2) is 0 Å². The lowest BCUT2D eigenvalue weighted by Crippen LogP contribution is -2.43. The molecule has 2 heterocycles. The minimum atomic E-state index is 0.0422. The zero-order chi connectivity index (χ0) is 16.8. The number of likely N-dealkylation sites (tertiary alicyclic amines) is 1. The van der Waals surface area contributed by atoms with Crippen molar-refractivity contribution in [3.05, 3.63) is 29.8 Å². The van der Waals surface area contributed by atoms with E-state index < -0.39 is 0 Å². The first-order valence-electron chi connectivity index (χ1n) is 9.27. The van der Waals surface area contributed by atoms with Gasteiger partial charge in [0.25, 0.3) is 0 Å². The molecular weight excluding hydrogens is 302 g/mol. The largest absolute Gasteiger partial charge is 0.493 e. The molecule has 0 radical (unpaired) electrons. The maximum atomic E-state index is 12.6. The van der Waals surface area contributed by atoms with Gasteiger partial charge in [0.2, 0.25) is 0 Å². The summed E-state index contributed by atoms with van der Waals surface area (Å²) in [6.07, 6.45) is 4.52. The first-order valence-corrected chi connectivity index (χ1v) is 9.27. The van der Waals surface area contributed by atoms with Crippen LogP contribution >= 0.6 is 0 Å². The van der Waals surface area contributed by atoms with Gasteiger partial charge in [-0.1, -0.05) is 18.2 Å². The number of nitrogens with zero attached hydrogens (tertiary/aromatic N) is 2. The highest BCUT2D eigenvalue weighted by Gasteiger charge is 2.24. The summed E-state index contributed by atoms with van der Waals surface area (Å²) in [7, 11) is 0. The highest BCUT2D eigenvalue weighted by Crippen LogP contribution is 2.31. The van der Waals surface area contributed by atoms with Crippen LogP contribution in [0, 0.1) is 0 Å².